The van der Waals surface area contributed by atoms with Crippen LogP contribution in [-0.2, 0) is 12.8 Å². The number of aromatic hydroxyl groups is 1. The molecule has 1 N–H and O–H groups in total. The third-order valence-corrected chi connectivity index (χ3v) is 3.29. The Balaban J connectivity index is 1.70. The van der Waals surface area contributed by atoms with Gasteiger partial charge in [0, 0.05) is 11.4 Å². The fourth-order valence-electron chi connectivity index (χ4n) is 2.05. The highest BCUT2D eigenvalue weighted by Gasteiger charge is 2.08. The Morgan fingerprint density at radius 2 is 1.81 bits per heavy atom. The maximum Gasteiger partial charge on any atom is 0.231 e. The molecule has 0 spiro atoms. The van der Waals surface area contributed by atoms with Gasteiger partial charge in [0.25, 0.3) is 0 Å². The van der Waals surface area contributed by atoms with Gasteiger partial charge in [-0.2, -0.15) is 4.98 Å². The summed E-state index contributed by atoms with van der Waals surface area (Å²) >= 11 is 5.95. The number of rotatable bonds is 4. The maximum absolute atomic E-state index is 9.25. The summed E-state index contributed by atoms with van der Waals surface area (Å²) in [5.41, 5.74) is 2.05. The molecule has 0 unspecified atom stereocenters. The predicted octanol–water partition coefficient (Wildman–Crippen LogP) is 3.61. The van der Waals surface area contributed by atoms with E-state index >= 15 is 0 Å². The summed E-state index contributed by atoms with van der Waals surface area (Å²) < 4.78 is 5.24. The van der Waals surface area contributed by atoms with E-state index in [0.717, 1.165) is 11.1 Å². The lowest BCUT2D eigenvalue weighted by molar-refractivity contribution is 0.380. The van der Waals surface area contributed by atoms with E-state index in [0.29, 0.717) is 29.6 Å². The first-order chi connectivity index (χ1) is 10.2. The number of nitrogens with zero attached hydrogens (tertiary/aromatic N) is 2. The first kappa shape index (κ1) is 13.6. The van der Waals surface area contributed by atoms with Crippen LogP contribution < -0.4 is 0 Å². The first-order valence-corrected chi connectivity index (χ1v) is 6.91. The summed E-state index contributed by atoms with van der Waals surface area (Å²) in [4.78, 5) is 4.37. The fourth-order valence-corrected chi connectivity index (χ4v) is 2.26. The van der Waals surface area contributed by atoms with Gasteiger partial charge >= 0.3 is 0 Å². The summed E-state index contributed by atoms with van der Waals surface area (Å²) in [5, 5.41) is 13.9. The van der Waals surface area contributed by atoms with Crippen LogP contribution in [-0.4, -0.2) is 15.2 Å². The maximum atomic E-state index is 9.25. The van der Waals surface area contributed by atoms with Gasteiger partial charge in [0.1, 0.15) is 5.75 Å². The molecule has 0 atom stereocenters. The molecule has 0 fully saturated rings. The standard InChI is InChI=1S/C16H13ClN2O2/c17-13-3-1-2-12(8-13)9-15-18-16(21-19-15)10-11-4-6-14(20)7-5-11/h1-8,20H,9-10H2. The average molecular weight is 301 g/mol. The molecule has 3 aromatic rings. The van der Waals surface area contributed by atoms with Gasteiger partial charge in [0.15, 0.2) is 5.82 Å². The molecule has 0 aliphatic heterocycles. The largest absolute Gasteiger partial charge is 0.508 e. The zero-order valence-electron chi connectivity index (χ0n) is 11.2. The van der Waals surface area contributed by atoms with E-state index in [4.69, 9.17) is 16.1 Å². The molecule has 0 aliphatic rings. The molecule has 2 aromatic carbocycles. The molecular formula is C16H13ClN2O2. The number of benzene rings is 2. The third-order valence-electron chi connectivity index (χ3n) is 3.05. The number of phenols is 1. The van der Waals surface area contributed by atoms with Crippen LogP contribution in [0.15, 0.2) is 53.1 Å². The van der Waals surface area contributed by atoms with Crippen LogP contribution in [0.5, 0.6) is 5.75 Å². The first-order valence-electron chi connectivity index (χ1n) is 6.53. The minimum Gasteiger partial charge on any atom is -0.508 e. The molecular weight excluding hydrogens is 288 g/mol. The van der Waals surface area contributed by atoms with Crippen LogP contribution in [0.2, 0.25) is 5.02 Å². The van der Waals surface area contributed by atoms with Crippen molar-refractivity contribution in [2.45, 2.75) is 12.8 Å². The Hall–Kier alpha value is -2.33. The lowest BCUT2D eigenvalue weighted by atomic mass is 10.1. The molecule has 5 heteroatoms. The molecule has 0 bridgehead atoms. The summed E-state index contributed by atoms with van der Waals surface area (Å²) in [5.74, 6) is 1.43. The summed E-state index contributed by atoms with van der Waals surface area (Å²) in [6.45, 7) is 0. The van der Waals surface area contributed by atoms with Crippen LogP contribution in [0.25, 0.3) is 0 Å². The van der Waals surface area contributed by atoms with Gasteiger partial charge in [0.05, 0.1) is 6.42 Å². The second-order valence-electron chi connectivity index (χ2n) is 4.75. The Morgan fingerprint density at radius 1 is 1.00 bits per heavy atom. The van der Waals surface area contributed by atoms with Crippen molar-refractivity contribution < 1.29 is 9.63 Å². The minimum atomic E-state index is 0.242. The van der Waals surface area contributed by atoms with Crippen LogP contribution in [0.3, 0.4) is 0 Å². The molecule has 0 saturated heterocycles. The van der Waals surface area contributed by atoms with Crippen molar-refractivity contribution in [3.05, 3.63) is 76.4 Å². The van der Waals surface area contributed by atoms with Crippen LogP contribution in [0, 0.1) is 0 Å². The smallest absolute Gasteiger partial charge is 0.231 e. The van der Waals surface area contributed by atoms with Gasteiger partial charge in [0.2, 0.25) is 5.89 Å². The zero-order chi connectivity index (χ0) is 14.7. The van der Waals surface area contributed by atoms with Gasteiger partial charge < -0.3 is 9.63 Å². The molecule has 3 rings (SSSR count). The molecule has 0 amide bonds. The normalized spacial score (nSPS) is 10.7. The van der Waals surface area contributed by atoms with Crippen molar-refractivity contribution in [1.29, 1.82) is 0 Å². The lowest BCUT2D eigenvalue weighted by Crippen LogP contribution is -1.92. The quantitative estimate of drug-likeness (QED) is 0.799. The fraction of sp³-hybridized carbons (Fsp3) is 0.125. The van der Waals surface area contributed by atoms with Gasteiger partial charge in [-0.1, -0.05) is 41.0 Å². The van der Waals surface area contributed by atoms with Gasteiger partial charge in [-0.05, 0) is 35.4 Å². The van der Waals surface area contributed by atoms with Crippen molar-refractivity contribution in [3.63, 3.8) is 0 Å². The molecule has 21 heavy (non-hydrogen) atoms. The van der Waals surface area contributed by atoms with Crippen LogP contribution in [0.1, 0.15) is 22.8 Å². The van der Waals surface area contributed by atoms with Crippen molar-refractivity contribution in [2.24, 2.45) is 0 Å². The highest BCUT2D eigenvalue weighted by Crippen LogP contribution is 2.15. The van der Waals surface area contributed by atoms with Gasteiger partial charge in [-0.25, -0.2) is 0 Å². The SMILES string of the molecule is Oc1ccc(Cc2nc(Cc3cccc(Cl)c3)no2)cc1. The number of phenolic OH excluding ortho intramolecular Hbond substituents is 1. The van der Waals surface area contributed by atoms with Crippen molar-refractivity contribution in [1.82, 2.24) is 10.1 Å². The summed E-state index contributed by atoms with van der Waals surface area (Å²) in [7, 11) is 0. The molecule has 0 radical (unpaired) electrons. The molecule has 106 valence electrons. The molecule has 1 aromatic heterocycles. The Bertz CT molecular complexity index is 738. The topological polar surface area (TPSA) is 59.2 Å². The van der Waals surface area contributed by atoms with E-state index in [1.807, 2.05) is 36.4 Å². The van der Waals surface area contributed by atoms with Gasteiger partial charge in [-0.15, -0.1) is 0 Å². The van der Waals surface area contributed by atoms with E-state index in [1.54, 1.807) is 12.1 Å². The van der Waals surface area contributed by atoms with Gasteiger partial charge in [-0.3, -0.25) is 0 Å². The Morgan fingerprint density at radius 3 is 2.57 bits per heavy atom. The van der Waals surface area contributed by atoms with Crippen molar-refractivity contribution in [2.75, 3.05) is 0 Å². The van der Waals surface area contributed by atoms with Crippen LogP contribution >= 0.6 is 11.6 Å². The third kappa shape index (κ3) is 3.61. The molecule has 0 saturated carbocycles. The summed E-state index contributed by atoms with van der Waals surface area (Å²) in [6, 6.07) is 14.5. The number of halogens is 1. The van der Waals surface area contributed by atoms with E-state index in [2.05, 4.69) is 10.1 Å². The van der Waals surface area contributed by atoms with E-state index in [9.17, 15) is 5.11 Å². The Labute approximate surface area is 127 Å². The zero-order valence-corrected chi connectivity index (χ0v) is 11.9. The highest BCUT2D eigenvalue weighted by atomic mass is 35.5. The minimum absolute atomic E-state index is 0.242. The van der Waals surface area contributed by atoms with E-state index in [-0.39, 0.29) is 5.75 Å². The predicted molar refractivity (Wildman–Crippen MR) is 79.5 cm³/mol. The van der Waals surface area contributed by atoms with Crippen molar-refractivity contribution in [3.8, 4) is 5.75 Å². The van der Waals surface area contributed by atoms with Crippen molar-refractivity contribution >= 4 is 11.6 Å². The lowest BCUT2D eigenvalue weighted by Gasteiger charge is -1.97. The number of aromatic nitrogens is 2. The van der Waals surface area contributed by atoms with Crippen LogP contribution in [0.4, 0.5) is 0 Å². The molecule has 4 nitrogen and oxygen atoms in total. The Kier molecular flexibility index (Phi) is 3.88. The average Bonchev–Trinajstić information content (AvgIpc) is 2.89. The second kappa shape index (κ2) is 5.97. The number of hydrogen-bond donors (Lipinski definition) is 1. The number of hydrogen-bond acceptors (Lipinski definition) is 4. The van der Waals surface area contributed by atoms with E-state index < -0.39 is 0 Å². The molecule has 1 heterocycles. The monoisotopic (exact) mass is 300 g/mol. The van der Waals surface area contributed by atoms with E-state index in [1.165, 1.54) is 0 Å². The highest BCUT2D eigenvalue weighted by molar-refractivity contribution is 6.30. The summed E-state index contributed by atoms with van der Waals surface area (Å²) in [6.07, 6.45) is 1.13. The molecule has 0 aliphatic carbocycles. The second-order valence-corrected chi connectivity index (χ2v) is 5.19.